The molecule has 120 valence electrons. The van der Waals surface area contributed by atoms with E-state index in [1.54, 1.807) is 11.8 Å². The quantitative estimate of drug-likeness (QED) is 0.762. The van der Waals surface area contributed by atoms with Gasteiger partial charge in [-0.2, -0.15) is 0 Å². The Morgan fingerprint density at radius 2 is 1.78 bits per heavy atom. The van der Waals surface area contributed by atoms with Crippen LogP contribution in [0.15, 0.2) is 36.4 Å². The van der Waals surface area contributed by atoms with Gasteiger partial charge in [0.25, 0.3) is 5.91 Å². The molecule has 0 saturated carbocycles. The number of rotatable bonds is 2. The number of nitrogens with zero attached hydrogens (tertiary/aromatic N) is 1. The Morgan fingerprint density at radius 3 is 2.48 bits per heavy atom. The molecule has 1 fully saturated rings. The summed E-state index contributed by atoms with van der Waals surface area (Å²) in [4.78, 5) is 14.1. The van der Waals surface area contributed by atoms with Gasteiger partial charge in [0.15, 0.2) is 17.5 Å². The lowest BCUT2D eigenvalue weighted by Crippen LogP contribution is -2.31. The first-order valence-electron chi connectivity index (χ1n) is 7.11. The summed E-state index contributed by atoms with van der Waals surface area (Å²) in [5, 5.41) is -0.254. The van der Waals surface area contributed by atoms with Crippen molar-refractivity contribution in [2.24, 2.45) is 0 Å². The van der Waals surface area contributed by atoms with Crippen molar-refractivity contribution in [2.45, 2.75) is 12.3 Å². The van der Waals surface area contributed by atoms with Gasteiger partial charge in [-0.1, -0.05) is 29.8 Å². The highest BCUT2D eigenvalue weighted by Gasteiger charge is 2.33. The molecule has 1 unspecified atom stereocenters. The molecular weight excluding hydrogens is 323 g/mol. The fraction of sp³-hybridized carbons (Fsp3) is 0.235. The number of amides is 1. The van der Waals surface area contributed by atoms with Crippen LogP contribution in [0.25, 0.3) is 0 Å². The fourth-order valence-electron chi connectivity index (χ4n) is 2.53. The second kappa shape index (κ2) is 6.28. The third-order valence-corrected chi connectivity index (χ3v) is 5.04. The molecule has 1 heterocycles. The lowest BCUT2D eigenvalue weighted by atomic mass is 10.1. The molecule has 0 aromatic heterocycles. The Hall–Kier alpha value is -1.95. The molecule has 1 amide bonds. The topological polar surface area (TPSA) is 20.3 Å². The molecule has 0 bridgehead atoms. The predicted octanol–water partition coefficient (Wildman–Crippen LogP) is 4.30. The second-order valence-electron chi connectivity index (χ2n) is 5.36. The van der Waals surface area contributed by atoms with Crippen LogP contribution in [0.4, 0.5) is 13.2 Å². The number of aryl methyl sites for hydroxylation is 1. The molecule has 1 aliphatic heterocycles. The van der Waals surface area contributed by atoms with E-state index in [1.165, 1.54) is 4.90 Å². The van der Waals surface area contributed by atoms with Crippen LogP contribution >= 0.6 is 11.8 Å². The number of hydrogen-bond donors (Lipinski definition) is 0. The fourth-order valence-corrected chi connectivity index (χ4v) is 3.79. The largest absolute Gasteiger partial charge is 0.322 e. The SMILES string of the molecule is Cc1ccc(C2SCCN2C(=O)c2ccc(F)c(F)c2F)cc1. The van der Waals surface area contributed by atoms with Gasteiger partial charge in [0, 0.05) is 12.3 Å². The highest BCUT2D eigenvalue weighted by molar-refractivity contribution is 7.99. The van der Waals surface area contributed by atoms with Crippen LogP contribution in [0.3, 0.4) is 0 Å². The number of thioether (sulfide) groups is 1. The zero-order valence-electron chi connectivity index (χ0n) is 12.4. The van der Waals surface area contributed by atoms with Gasteiger partial charge in [0.2, 0.25) is 0 Å². The number of carbonyl (C=O) groups is 1. The summed E-state index contributed by atoms with van der Waals surface area (Å²) < 4.78 is 40.3. The van der Waals surface area contributed by atoms with Crippen LogP contribution in [0.2, 0.25) is 0 Å². The second-order valence-corrected chi connectivity index (χ2v) is 6.54. The van der Waals surface area contributed by atoms with E-state index in [2.05, 4.69) is 0 Å². The third-order valence-electron chi connectivity index (χ3n) is 3.78. The molecule has 23 heavy (non-hydrogen) atoms. The third kappa shape index (κ3) is 2.95. The molecule has 2 aromatic carbocycles. The van der Waals surface area contributed by atoms with Crippen LogP contribution in [0, 0.1) is 24.4 Å². The first-order chi connectivity index (χ1) is 11.0. The Balaban J connectivity index is 1.92. The van der Waals surface area contributed by atoms with Crippen molar-refractivity contribution in [3.05, 3.63) is 70.5 Å². The van der Waals surface area contributed by atoms with Gasteiger partial charge in [-0.15, -0.1) is 11.8 Å². The van der Waals surface area contributed by atoms with Crippen LogP contribution in [0.5, 0.6) is 0 Å². The first-order valence-corrected chi connectivity index (χ1v) is 8.16. The Kier molecular flexibility index (Phi) is 4.35. The predicted molar refractivity (Wildman–Crippen MR) is 83.7 cm³/mol. The van der Waals surface area contributed by atoms with E-state index in [1.807, 2.05) is 31.2 Å². The minimum atomic E-state index is -1.62. The van der Waals surface area contributed by atoms with Crippen molar-refractivity contribution in [1.82, 2.24) is 4.90 Å². The maximum Gasteiger partial charge on any atom is 0.258 e. The summed E-state index contributed by atoms with van der Waals surface area (Å²) in [6.07, 6.45) is 0. The maximum absolute atomic E-state index is 13.9. The molecule has 2 aromatic rings. The summed E-state index contributed by atoms with van der Waals surface area (Å²) in [6, 6.07) is 9.48. The Morgan fingerprint density at radius 1 is 1.09 bits per heavy atom. The number of hydrogen-bond acceptors (Lipinski definition) is 2. The summed E-state index contributed by atoms with van der Waals surface area (Å²) in [6.45, 7) is 2.39. The monoisotopic (exact) mass is 337 g/mol. The smallest absolute Gasteiger partial charge is 0.258 e. The average molecular weight is 337 g/mol. The Labute approximate surface area is 136 Å². The van der Waals surface area contributed by atoms with Gasteiger partial charge in [0.05, 0.1) is 5.56 Å². The van der Waals surface area contributed by atoms with E-state index >= 15 is 0 Å². The molecule has 1 atom stereocenters. The van der Waals surface area contributed by atoms with E-state index in [-0.39, 0.29) is 5.37 Å². The summed E-state index contributed by atoms with van der Waals surface area (Å²) in [5.41, 5.74) is 1.58. The van der Waals surface area contributed by atoms with Crippen LogP contribution < -0.4 is 0 Å². The van der Waals surface area contributed by atoms with E-state index in [4.69, 9.17) is 0 Å². The molecule has 2 nitrogen and oxygen atoms in total. The average Bonchev–Trinajstić information content (AvgIpc) is 3.02. The maximum atomic E-state index is 13.9. The van der Waals surface area contributed by atoms with Crippen molar-refractivity contribution >= 4 is 17.7 Å². The van der Waals surface area contributed by atoms with Crippen molar-refractivity contribution in [1.29, 1.82) is 0 Å². The molecule has 0 spiro atoms. The highest BCUT2D eigenvalue weighted by atomic mass is 32.2. The normalized spacial score (nSPS) is 17.6. The molecule has 0 radical (unpaired) electrons. The van der Waals surface area contributed by atoms with Gasteiger partial charge >= 0.3 is 0 Å². The van der Waals surface area contributed by atoms with Crippen LogP contribution in [-0.4, -0.2) is 23.1 Å². The van der Waals surface area contributed by atoms with Crippen molar-refractivity contribution < 1.29 is 18.0 Å². The highest BCUT2D eigenvalue weighted by Crippen LogP contribution is 2.39. The minimum absolute atomic E-state index is 0.254. The van der Waals surface area contributed by atoms with E-state index in [0.29, 0.717) is 12.3 Å². The molecule has 3 rings (SSSR count). The molecule has 0 aliphatic carbocycles. The molecule has 6 heteroatoms. The van der Waals surface area contributed by atoms with Crippen molar-refractivity contribution in [3.8, 4) is 0 Å². The molecular formula is C17H14F3NOS. The van der Waals surface area contributed by atoms with Gasteiger partial charge in [-0.3, -0.25) is 4.79 Å². The lowest BCUT2D eigenvalue weighted by molar-refractivity contribution is 0.0754. The van der Waals surface area contributed by atoms with E-state index in [9.17, 15) is 18.0 Å². The van der Waals surface area contributed by atoms with Gasteiger partial charge in [0.1, 0.15) is 5.37 Å². The Bertz CT molecular complexity index is 748. The van der Waals surface area contributed by atoms with Gasteiger partial charge in [-0.25, -0.2) is 13.2 Å². The summed E-state index contributed by atoms with van der Waals surface area (Å²) in [5.74, 6) is -4.28. The molecule has 0 N–H and O–H groups in total. The van der Waals surface area contributed by atoms with Crippen molar-refractivity contribution in [2.75, 3.05) is 12.3 Å². The zero-order chi connectivity index (χ0) is 16.6. The van der Waals surface area contributed by atoms with Crippen molar-refractivity contribution in [3.63, 3.8) is 0 Å². The molecule has 1 saturated heterocycles. The molecule has 1 aliphatic rings. The van der Waals surface area contributed by atoms with E-state index in [0.717, 1.165) is 23.3 Å². The standard InChI is InChI=1S/C17H14F3NOS/c1-10-2-4-11(5-3-10)17-21(8-9-23-17)16(22)12-6-7-13(18)15(20)14(12)19/h2-7,17H,8-9H2,1H3. The minimum Gasteiger partial charge on any atom is -0.322 e. The number of carbonyl (C=O) groups excluding carboxylic acids is 1. The van der Waals surface area contributed by atoms with Gasteiger partial charge in [-0.05, 0) is 24.6 Å². The zero-order valence-corrected chi connectivity index (χ0v) is 13.2. The number of benzene rings is 2. The summed E-state index contributed by atoms with van der Waals surface area (Å²) >= 11 is 1.56. The lowest BCUT2D eigenvalue weighted by Gasteiger charge is -2.24. The first kappa shape index (κ1) is 15.9. The summed E-state index contributed by atoms with van der Waals surface area (Å²) in [7, 11) is 0. The van der Waals surface area contributed by atoms with E-state index < -0.39 is 28.9 Å². The van der Waals surface area contributed by atoms with Crippen LogP contribution in [-0.2, 0) is 0 Å². The van der Waals surface area contributed by atoms with Gasteiger partial charge < -0.3 is 4.90 Å². The van der Waals surface area contributed by atoms with Crippen LogP contribution in [0.1, 0.15) is 26.9 Å². The number of halogens is 3.